The molecule has 0 saturated heterocycles. The van der Waals surface area contributed by atoms with Gasteiger partial charge in [-0.05, 0) is 42.3 Å². The van der Waals surface area contributed by atoms with Crippen molar-refractivity contribution in [2.75, 3.05) is 11.9 Å². The largest absolute Gasteiger partial charge is 0.490 e. The molecule has 7 heteroatoms. The van der Waals surface area contributed by atoms with Crippen molar-refractivity contribution in [1.82, 2.24) is 0 Å². The first kappa shape index (κ1) is 20.4. The first-order chi connectivity index (χ1) is 14.4. The molecule has 0 aliphatic carbocycles. The summed E-state index contributed by atoms with van der Waals surface area (Å²) in [5, 5.41) is 4.42. The molecule has 2 aromatic carbocycles. The van der Waals surface area contributed by atoms with E-state index in [1.54, 1.807) is 29.7 Å². The summed E-state index contributed by atoms with van der Waals surface area (Å²) < 4.78 is 32.0. The van der Waals surface area contributed by atoms with Crippen molar-refractivity contribution in [3.05, 3.63) is 82.6 Å². The SMILES string of the molecule is C=CCOc1ccc([C@H]2CC(=O)Nc3c(S(=O)(=O)c4cccc(C)c4)csc32)cc1. The Bertz CT molecular complexity index is 1210. The van der Waals surface area contributed by atoms with Gasteiger partial charge in [-0.15, -0.1) is 11.3 Å². The predicted molar refractivity (Wildman–Crippen MR) is 118 cm³/mol. The average molecular weight is 440 g/mol. The van der Waals surface area contributed by atoms with Gasteiger partial charge in [0, 0.05) is 22.6 Å². The molecule has 1 atom stereocenters. The molecule has 0 fully saturated rings. The van der Waals surface area contributed by atoms with E-state index in [0.29, 0.717) is 18.0 Å². The van der Waals surface area contributed by atoms with E-state index >= 15 is 0 Å². The van der Waals surface area contributed by atoms with Gasteiger partial charge in [0.15, 0.2) is 0 Å². The fourth-order valence-corrected chi connectivity index (χ4v) is 6.54. The minimum absolute atomic E-state index is 0.150. The zero-order chi connectivity index (χ0) is 21.3. The topological polar surface area (TPSA) is 72.5 Å². The zero-order valence-corrected chi connectivity index (χ0v) is 18.1. The third kappa shape index (κ3) is 3.78. The molecular weight excluding hydrogens is 418 g/mol. The number of benzene rings is 2. The summed E-state index contributed by atoms with van der Waals surface area (Å²) in [6, 6.07) is 14.3. The number of hydrogen-bond donors (Lipinski definition) is 1. The fourth-order valence-electron chi connectivity index (χ4n) is 3.53. The standard InChI is InChI=1S/C23H21NO4S2/c1-3-11-28-17-9-7-16(8-10-17)19-13-21(25)24-22-20(14-29-23(19)22)30(26,27)18-6-4-5-15(2)12-18/h3-10,12,14,19H,1,11,13H2,2H3,(H,24,25)/t19-/m1/s1. The monoisotopic (exact) mass is 439 g/mol. The number of thiophene rings is 1. The lowest BCUT2D eigenvalue weighted by Crippen LogP contribution is -2.23. The van der Waals surface area contributed by atoms with Gasteiger partial charge in [0.2, 0.25) is 15.7 Å². The number of ether oxygens (including phenoxy) is 1. The van der Waals surface area contributed by atoms with Crippen LogP contribution in [0.4, 0.5) is 5.69 Å². The minimum Gasteiger partial charge on any atom is -0.490 e. The van der Waals surface area contributed by atoms with Gasteiger partial charge in [0.05, 0.1) is 10.6 Å². The number of aryl methyl sites for hydroxylation is 1. The van der Waals surface area contributed by atoms with E-state index in [4.69, 9.17) is 4.74 Å². The second kappa shape index (κ2) is 8.08. The van der Waals surface area contributed by atoms with Gasteiger partial charge in [0.1, 0.15) is 17.3 Å². The van der Waals surface area contributed by atoms with E-state index in [0.717, 1.165) is 16.0 Å². The van der Waals surface area contributed by atoms with Crippen LogP contribution >= 0.6 is 11.3 Å². The Morgan fingerprint density at radius 2 is 2.00 bits per heavy atom. The highest BCUT2D eigenvalue weighted by Gasteiger charge is 2.34. The third-order valence-electron chi connectivity index (χ3n) is 5.00. The van der Waals surface area contributed by atoms with Crippen molar-refractivity contribution in [1.29, 1.82) is 0 Å². The van der Waals surface area contributed by atoms with E-state index in [1.807, 2.05) is 37.3 Å². The van der Waals surface area contributed by atoms with E-state index in [9.17, 15) is 13.2 Å². The minimum atomic E-state index is -3.74. The highest BCUT2D eigenvalue weighted by molar-refractivity contribution is 7.91. The Balaban J connectivity index is 1.73. The van der Waals surface area contributed by atoms with E-state index in [2.05, 4.69) is 11.9 Å². The quantitative estimate of drug-likeness (QED) is 0.553. The number of nitrogens with one attached hydrogen (secondary N) is 1. The average Bonchev–Trinajstić information content (AvgIpc) is 3.16. The molecule has 1 amide bonds. The van der Waals surface area contributed by atoms with Crippen LogP contribution in [0.25, 0.3) is 0 Å². The lowest BCUT2D eigenvalue weighted by Gasteiger charge is -2.24. The van der Waals surface area contributed by atoms with E-state index < -0.39 is 9.84 Å². The van der Waals surface area contributed by atoms with Crippen LogP contribution in [0.1, 0.15) is 28.3 Å². The number of rotatable bonds is 6. The summed E-state index contributed by atoms with van der Waals surface area (Å²) in [5.74, 6) is 0.320. The van der Waals surface area contributed by atoms with Crippen LogP contribution in [0.2, 0.25) is 0 Å². The van der Waals surface area contributed by atoms with Crippen molar-refractivity contribution in [3.8, 4) is 5.75 Å². The molecular formula is C23H21NO4S2. The van der Waals surface area contributed by atoms with Crippen molar-refractivity contribution in [2.24, 2.45) is 0 Å². The van der Waals surface area contributed by atoms with Gasteiger partial charge in [-0.2, -0.15) is 0 Å². The summed E-state index contributed by atoms with van der Waals surface area (Å²) >= 11 is 1.36. The number of carbonyl (C=O) groups is 1. The summed E-state index contributed by atoms with van der Waals surface area (Å²) in [5.41, 5.74) is 2.20. The molecule has 1 aromatic heterocycles. The maximum atomic E-state index is 13.2. The summed E-state index contributed by atoms with van der Waals surface area (Å²) in [7, 11) is -3.74. The molecule has 4 rings (SSSR count). The first-order valence-corrected chi connectivity index (χ1v) is 11.8. The number of amides is 1. The molecule has 1 aliphatic heterocycles. The molecule has 0 spiro atoms. The van der Waals surface area contributed by atoms with Gasteiger partial charge in [-0.25, -0.2) is 8.42 Å². The molecule has 0 saturated carbocycles. The summed E-state index contributed by atoms with van der Waals surface area (Å²) in [6.07, 6.45) is 1.94. The maximum absolute atomic E-state index is 13.2. The zero-order valence-electron chi connectivity index (χ0n) is 16.4. The number of hydrogen-bond acceptors (Lipinski definition) is 5. The van der Waals surface area contributed by atoms with Crippen LogP contribution in [0.15, 0.2) is 76.4 Å². The van der Waals surface area contributed by atoms with E-state index in [-0.39, 0.29) is 28.0 Å². The summed E-state index contributed by atoms with van der Waals surface area (Å²) in [6.45, 7) is 5.90. The highest BCUT2D eigenvalue weighted by atomic mass is 32.2. The van der Waals surface area contributed by atoms with Crippen molar-refractivity contribution in [3.63, 3.8) is 0 Å². The predicted octanol–water partition coefficient (Wildman–Crippen LogP) is 4.93. The number of carbonyl (C=O) groups excluding carboxylic acids is 1. The molecule has 1 N–H and O–H groups in total. The molecule has 154 valence electrons. The van der Waals surface area contributed by atoms with Gasteiger partial charge in [0.25, 0.3) is 0 Å². The first-order valence-electron chi connectivity index (χ1n) is 9.47. The Hall–Kier alpha value is -2.90. The third-order valence-corrected chi connectivity index (χ3v) is 8.02. The van der Waals surface area contributed by atoms with Crippen LogP contribution in [-0.2, 0) is 14.6 Å². The van der Waals surface area contributed by atoms with Crippen LogP contribution in [0.5, 0.6) is 5.75 Å². The lowest BCUT2D eigenvalue weighted by molar-refractivity contribution is -0.116. The fraction of sp³-hybridized carbons (Fsp3) is 0.174. The van der Waals surface area contributed by atoms with Crippen molar-refractivity contribution >= 4 is 32.8 Å². The summed E-state index contributed by atoms with van der Waals surface area (Å²) in [4.78, 5) is 13.7. The van der Waals surface area contributed by atoms with Crippen molar-refractivity contribution < 1.29 is 17.9 Å². The van der Waals surface area contributed by atoms with Crippen LogP contribution in [0, 0.1) is 6.92 Å². The van der Waals surface area contributed by atoms with Gasteiger partial charge < -0.3 is 10.1 Å². The van der Waals surface area contributed by atoms with Gasteiger partial charge in [-0.3, -0.25) is 4.79 Å². The number of sulfone groups is 1. The molecule has 0 unspecified atom stereocenters. The molecule has 0 radical (unpaired) electrons. The molecule has 0 bridgehead atoms. The molecule has 3 aromatic rings. The Morgan fingerprint density at radius 3 is 2.70 bits per heavy atom. The Labute approximate surface area is 179 Å². The normalized spacial score (nSPS) is 15.9. The molecule has 5 nitrogen and oxygen atoms in total. The second-order valence-corrected chi connectivity index (χ2v) is 9.96. The number of fused-ring (bicyclic) bond motifs is 1. The van der Waals surface area contributed by atoms with Crippen molar-refractivity contribution in [2.45, 2.75) is 29.1 Å². The second-order valence-electron chi connectivity index (χ2n) is 7.13. The molecule has 2 heterocycles. The highest BCUT2D eigenvalue weighted by Crippen LogP contribution is 2.46. The molecule has 1 aliphatic rings. The molecule has 30 heavy (non-hydrogen) atoms. The van der Waals surface area contributed by atoms with E-state index in [1.165, 1.54) is 11.3 Å². The Morgan fingerprint density at radius 1 is 1.23 bits per heavy atom. The van der Waals surface area contributed by atoms with Gasteiger partial charge in [-0.1, -0.05) is 36.9 Å². The Kier molecular flexibility index (Phi) is 5.49. The maximum Gasteiger partial charge on any atom is 0.225 e. The van der Waals surface area contributed by atoms with Crippen LogP contribution in [-0.4, -0.2) is 20.9 Å². The van der Waals surface area contributed by atoms with Crippen LogP contribution in [0.3, 0.4) is 0 Å². The smallest absolute Gasteiger partial charge is 0.225 e. The van der Waals surface area contributed by atoms with Gasteiger partial charge >= 0.3 is 0 Å². The lowest BCUT2D eigenvalue weighted by atomic mass is 9.90. The van der Waals surface area contributed by atoms with Crippen LogP contribution < -0.4 is 10.1 Å². The number of anilines is 1.